The predicted molar refractivity (Wildman–Crippen MR) is 162 cm³/mol. The van der Waals surface area contributed by atoms with Gasteiger partial charge in [-0.05, 0) is 46.9 Å². The fraction of sp³-hybridized carbons (Fsp3) is 0.300. The van der Waals surface area contributed by atoms with Crippen molar-refractivity contribution in [3.63, 3.8) is 0 Å². The number of carbonyl (C=O) groups is 5. The molecule has 0 bridgehead atoms. The van der Waals surface area contributed by atoms with E-state index < -0.39 is 60.2 Å². The van der Waals surface area contributed by atoms with Gasteiger partial charge in [-0.25, -0.2) is 4.79 Å². The summed E-state index contributed by atoms with van der Waals surface area (Å²) in [5, 5.41) is 37.4. The van der Waals surface area contributed by atoms with Crippen LogP contribution in [-0.4, -0.2) is 74.9 Å². The summed E-state index contributed by atoms with van der Waals surface area (Å²) in [6, 6.07) is 14.0. The van der Waals surface area contributed by atoms with Gasteiger partial charge in [-0.1, -0.05) is 54.6 Å². The molecule has 12 nitrogen and oxygen atoms in total. The number of nitrogens with one attached hydrogen (secondary N) is 3. The number of aromatic hydroxyl groups is 1. The van der Waals surface area contributed by atoms with Crippen LogP contribution in [0.3, 0.4) is 0 Å². The Kier molecular flexibility index (Phi) is 11.9. The van der Waals surface area contributed by atoms with E-state index in [1.165, 1.54) is 24.3 Å². The van der Waals surface area contributed by atoms with Crippen LogP contribution in [0.1, 0.15) is 24.0 Å². The molecule has 0 saturated heterocycles. The lowest BCUT2D eigenvalue weighted by Crippen LogP contribution is -2.58. The largest absolute Gasteiger partial charge is 0.508 e. The monoisotopic (exact) mass is 610 g/mol. The number of hydrogen-bond acceptors (Lipinski definition) is 8. The van der Waals surface area contributed by atoms with Crippen molar-refractivity contribution in [1.29, 1.82) is 0 Å². The Morgan fingerprint density at radius 2 is 1.30 bits per heavy atom. The summed E-state index contributed by atoms with van der Waals surface area (Å²) in [4.78, 5) is 62.2. The van der Waals surface area contributed by atoms with Gasteiger partial charge in [0.25, 0.3) is 0 Å². The van der Waals surface area contributed by atoms with E-state index in [9.17, 15) is 39.3 Å². The lowest BCUT2D eigenvalue weighted by molar-refractivity contribution is -0.141. The number of rotatable bonds is 15. The first-order valence-electron chi connectivity index (χ1n) is 13.4. The third-order valence-corrected chi connectivity index (χ3v) is 7.06. The van der Waals surface area contributed by atoms with Gasteiger partial charge in [0.15, 0.2) is 0 Å². The van der Waals surface area contributed by atoms with Crippen LogP contribution < -0.4 is 21.7 Å². The molecule has 0 radical (unpaired) electrons. The zero-order chi connectivity index (χ0) is 31.5. The van der Waals surface area contributed by atoms with Crippen molar-refractivity contribution >= 4 is 53.1 Å². The number of benzene rings is 3. The van der Waals surface area contributed by atoms with Gasteiger partial charge in [0, 0.05) is 18.6 Å². The van der Waals surface area contributed by atoms with Crippen molar-refractivity contribution in [3.05, 3.63) is 77.9 Å². The average molecular weight is 611 g/mol. The molecule has 0 fully saturated rings. The smallest absolute Gasteiger partial charge is 0.327 e. The van der Waals surface area contributed by atoms with E-state index >= 15 is 0 Å². The number of aliphatic carboxylic acids is 2. The minimum atomic E-state index is -1.36. The summed E-state index contributed by atoms with van der Waals surface area (Å²) in [6.07, 6.45) is -0.709. The van der Waals surface area contributed by atoms with Crippen molar-refractivity contribution in [2.45, 2.75) is 49.9 Å². The maximum absolute atomic E-state index is 13.4. The van der Waals surface area contributed by atoms with Crippen molar-refractivity contribution in [3.8, 4) is 5.75 Å². The second-order valence-electron chi connectivity index (χ2n) is 10.00. The summed E-state index contributed by atoms with van der Waals surface area (Å²) in [5.74, 6) is -5.16. The average Bonchev–Trinajstić information content (AvgIpc) is 2.98. The number of nitrogens with two attached hydrogens (primary N) is 1. The summed E-state index contributed by atoms with van der Waals surface area (Å²) in [7, 11) is 0. The Morgan fingerprint density at radius 1 is 0.721 bits per heavy atom. The minimum Gasteiger partial charge on any atom is -0.508 e. The fourth-order valence-corrected chi connectivity index (χ4v) is 4.58. The van der Waals surface area contributed by atoms with Crippen LogP contribution >= 0.6 is 12.6 Å². The molecular weight excluding hydrogens is 576 g/mol. The highest BCUT2D eigenvalue weighted by Crippen LogP contribution is 2.17. The van der Waals surface area contributed by atoms with E-state index in [1.807, 2.05) is 42.5 Å². The predicted octanol–water partition coefficient (Wildman–Crippen LogP) is 0.992. The number of carboxylic acids is 2. The molecule has 0 saturated carbocycles. The van der Waals surface area contributed by atoms with Crippen LogP contribution in [0.4, 0.5) is 0 Å². The zero-order valence-corrected chi connectivity index (χ0v) is 24.0. The highest BCUT2D eigenvalue weighted by atomic mass is 32.1. The van der Waals surface area contributed by atoms with Crippen molar-refractivity contribution in [2.24, 2.45) is 5.73 Å². The molecule has 3 rings (SSSR count). The van der Waals surface area contributed by atoms with Crippen LogP contribution in [0.25, 0.3) is 10.8 Å². The molecule has 3 amide bonds. The van der Waals surface area contributed by atoms with Crippen LogP contribution in [0.2, 0.25) is 0 Å². The van der Waals surface area contributed by atoms with E-state index in [0.717, 1.165) is 16.3 Å². The van der Waals surface area contributed by atoms with Gasteiger partial charge < -0.3 is 37.0 Å². The molecule has 0 heterocycles. The lowest BCUT2D eigenvalue weighted by atomic mass is 10.0. The molecule has 0 aliphatic carbocycles. The number of amides is 3. The van der Waals surface area contributed by atoms with E-state index in [-0.39, 0.29) is 30.8 Å². The molecule has 4 atom stereocenters. The molecule has 13 heteroatoms. The number of hydrogen-bond donors (Lipinski definition) is 8. The van der Waals surface area contributed by atoms with Gasteiger partial charge >= 0.3 is 11.9 Å². The van der Waals surface area contributed by atoms with Gasteiger partial charge in [-0.2, -0.15) is 12.6 Å². The van der Waals surface area contributed by atoms with Crippen molar-refractivity contribution < 1.29 is 39.3 Å². The molecule has 0 unspecified atom stereocenters. The highest BCUT2D eigenvalue weighted by molar-refractivity contribution is 7.80. The SMILES string of the molecule is N[C@@H](Cc1ccc2ccccc2c1)C(=O)N[C@@H](CCC(=O)O)C(=O)N[C@@H](Cc1ccc(O)cc1)C(=O)N[C@@H](CS)C(=O)O. The van der Waals surface area contributed by atoms with Crippen LogP contribution in [0.15, 0.2) is 66.7 Å². The van der Waals surface area contributed by atoms with Gasteiger partial charge in [0.1, 0.15) is 23.9 Å². The van der Waals surface area contributed by atoms with E-state index in [0.29, 0.717) is 5.56 Å². The summed E-state index contributed by atoms with van der Waals surface area (Å²) < 4.78 is 0. The summed E-state index contributed by atoms with van der Waals surface area (Å²) in [6.45, 7) is 0. The molecular formula is C30H34N4O8S. The Hall–Kier alpha value is -4.62. The number of carbonyl (C=O) groups excluding carboxylic acids is 3. The normalized spacial score (nSPS) is 13.7. The molecule has 0 aromatic heterocycles. The quantitative estimate of drug-likeness (QED) is 0.115. The first-order valence-corrected chi connectivity index (χ1v) is 14.1. The van der Waals surface area contributed by atoms with E-state index in [2.05, 4.69) is 28.6 Å². The van der Waals surface area contributed by atoms with Crippen LogP contribution in [-0.2, 0) is 36.8 Å². The second kappa shape index (κ2) is 15.6. The number of phenolic OH excluding ortho intramolecular Hbond substituents is 1. The molecule has 0 aliphatic rings. The van der Waals surface area contributed by atoms with Crippen LogP contribution in [0.5, 0.6) is 5.75 Å². The lowest BCUT2D eigenvalue weighted by Gasteiger charge is -2.25. The van der Waals surface area contributed by atoms with E-state index in [1.54, 1.807) is 0 Å². The molecule has 228 valence electrons. The molecule has 8 N–H and O–H groups in total. The van der Waals surface area contributed by atoms with Crippen LogP contribution in [0, 0.1) is 0 Å². The molecule has 43 heavy (non-hydrogen) atoms. The molecule has 0 aliphatic heterocycles. The molecule has 0 spiro atoms. The second-order valence-corrected chi connectivity index (χ2v) is 10.4. The first-order chi connectivity index (χ1) is 20.5. The zero-order valence-electron chi connectivity index (χ0n) is 23.1. The maximum atomic E-state index is 13.4. The highest BCUT2D eigenvalue weighted by Gasteiger charge is 2.30. The van der Waals surface area contributed by atoms with Gasteiger partial charge in [0.2, 0.25) is 17.7 Å². The maximum Gasteiger partial charge on any atom is 0.327 e. The third-order valence-electron chi connectivity index (χ3n) is 6.69. The standard InChI is InChI=1S/C30H34N4O8S/c31-22(14-18-5-8-19-3-1-2-4-20(19)13-18)27(38)32-23(11-12-26(36)37)28(39)33-24(15-17-6-9-21(35)10-7-17)29(40)34-25(16-43)30(41)42/h1-10,13,22-25,35,43H,11-12,14-16,31H2,(H,32,38)(H,33,39)(H,34,40)(H,36,37)(H,41,42)/t22-,23-,24-,25-/m0/s1. The van der Waals surface area contributed by atoms with Crippen molar-refractivity contribution in [2.75, 3.05) is 5.75 Å². The van der Waals surface area contributed by atoms with E-state index in [4.69, 9.17) is 5.73 Å². The van der Waals surface area contributed by atoms with Gasteiger partial charge in [-0.3, -0.25) is 19.2 Å². The number of fused-ring (bicyclic) bond motifs is 1. The van der Waals surface area contributed by atoms with Crippen molar-refractivity contribution in [1.82, 2.24) is 16.0 Å². The Morgan fingerprint density at radius 3 is 1.93 bits per heavy atom. The Bertz CT molecular complexity index is 1470. The van der Waals surface area contributed by atoms with Gasteiger partial charge in [0.05, 0.1) is 6.04 Å². The molecule has 3 aromatic rings. The first kappa shape index (κ1) is 32.9. The number of phenols is 1. The Labute approximate surface area is 253 Å². The minimum absolute atomic E-state index is 0.0220. The molecule has 3 aromatic carbocycles. The Balaban J connectivity index is 1.76. The number of thiol groups is 1. The third kappa shape index (κ3) is 10.0. The summed E-state index contributed by atoms with van der Waals surface area (Å²) in [5.41, 5.74) is 7.47. The van der Waals surface area contributed by atoms with Gasteiger partial charge in [-0.15, -0.1) is 0 Å². The topological polar surface area (TPSA) is 208 Å². The number of carboxylic acid groups (broad SMARTS) is 2. The summed E-state index contributed by atoms with van der Waals surface area (Å²) >= 11 is 3.94. The fourth-order valence-electron chi connectivity index (χ4n) is 4.33.